The summed E-state index contributed by atoms with van der Waals surface area (Å²) in [6, 6.07) is 6.99. The highest BCUT2D eigenvalue weighted by Crippen LogP contribution is 2.24. The van der Waals surface area contributed by atoms with Crippen LogP contribution in [0.25, 0.3) is 0 Å². The van der Waals surface area contributed by atoms with Crippen LogP contribution < -0.4 is 10.2 Å². The Hall–Kier alpha value is -2.15. The molecule has 4 N–H and O–H groups in total. The summed E-state index contributed by atoms with van der Waals surface area (Å²) in [4.78, 5) is 10.8. The van der Waals surface area contributed by atoms with Crippen LogP contribution in [0.5, 0.6) is 5.75 Å². The zero-order valence-electron chi connectivity index (χ0n) is 12.3. The molecule has 0 saturated heterocycles. The summed E-state index contributed by atoms with van der Waals surface area (Å²) in [6.45, 7) is 2.03. The average molecular weight is 307 g/mol. The first-order valence-electron chi connectivity index (χ1n) is 6.89. The van der Waals surface area contributed by atoms with E-state index in [1.165, 1.54) is 17.6 Å². The molecule has 6 heteroatoms. The molecule has 0 heterocycles. The van der Waals surface area contributed by atoms with Crippen LogP contribution in [0.2, 0.25) is 0 Å². The van der Waals surface area contributed by atoms with Crippen molar-refractivity contribution in [3.8, 4) is 5.75 Å². The smallest absolute Gasteiger partial charge is 0.267 e. The maximum absolute atomic E-state index is 10.8. The summed E-state index contributed by atoms with van der Waals surface area (Å²) >= 11 is 0. The van der Waals surface area contributed by atoms with Gasteiger partial charge in [-0.05, 0) is 17.7 Å². The van der Waals surface area contributed by atoms with E-state index in [0.717, 1.165) is 5.56 Å². The maximum atomic E-state index is 10.8. The van der Waals surface area contributed by atoms with Crippen molar-refractivity contribution in [2.75, 3.05) is 13.2 Å². The Morgan fingerprint density at radius 1 is 1.32 bits per heavy atom. The second-order valence-electron chi connectivity index (χ2n) is 4.67. The van der Waals surface area contributed by atoms with Gasteiger partial charge in [0.15, 0.2) is 0 Å². The second-order valence-corrected chi connectivity index (χ2v) is 4.67. The number of rotatable bonds is 8. The van der Waals surface area contributed by atoms with Crippen LogP contribution in [0, 0.1) is 5.92 Å². The lowest BCUT2D eigenvalue weighted by Gasteiger charge is -2.16. The highest BCUT2D eigenvalue weighted by atomic mass is 16.5. The van der Waals surface area contributed by atoms with Gasteiger partial charge in [0.1, 0.15) is 12.4 Å². The van der Waals surface area contributed by atoms with Crippen molar-refractivity contribution in [3.63, 3.8) is 0 Å². The summed E-state index contributed by atoms with van der Waals surface area (Å²) < 4.78 is 5.25. The molecule has 1 rings (SSSR count). The van der Waals surface area contributed by atoms with Crippen LogP contribution in [0.15, 0.2) is 48.6 Å². The first-order chi connectivity index (χ1) is 10.6. The minimum atomic E-state index is -0.691. The number of aliphatic hydroxyl groups is 2. The first kappa shape index (κ1) is 17.9. The quantitative estimate of drug-likeness (QED) is 0.251. The van der Waals surface area contributed by atoms with Crippen molar-refractivity contribution in [1.29, 1.82) is 0 Å². The third-order valence-electron chi connectivity index (χ3n) is 2.96. The topological polar surface area (TPSA) is 99.0 Å². The van der Waals surface area contributed by atoms with E-state index in [-0.39, 0.29) is 19.1 Å². The number of amides is 1. The van der Waals surface area contributed by atoms with E-state index < -0.39 is 12.0 Å². The van der Waals surface area contributed by atoms with Crippen molar-refractivity contribution in [3.05, 3.63) is 54.1 Å². The molecule has 0 saturated carbocycles. The van der Waals surface area contributed by atoms with Gasteiger partial charge in [-0.2, -0.15) is 0 Å². The summed E-state index contributed by atoms with van der Waals surface area (Å²) in [5.41, 5.74) is 2.23. The number of hydrogen-bond donors (Lipinski definition) is 4. The monoisotopic (exact) mass is 307 g/mol. The van der Waals surface area contributed by atoms with Crippen LogP contribution in [-0.2, 0) is 4.79 Å². The molecule has 0 unspecified atom stereocenters. The van der Waals surface area contributed by atoms with Gasteiger partial charge in [0.2, 0.25) is 0 Å². The molecule has 0 radical (unpaired) electrons. The third kappa shape index (κ3) is 6.09. The van der Waals surface area contributed by atoms with Gasteiger partial charge in [0.05, 0.1) is 12.7 Å². The Labute approximate surface area is 129 Å². The van der Waals surface area contributed by atoms with Crippen molar-refractivity contribution < 1.29 is 25.0 Å². The maximum Gasteiger partial charge on any atom is 0.267 e. The summed E-state index contributed by atoms with van der Waals surface area (Å²) in [5, 5.41) is 27.2. The Bertz CT molecular complexity index is 510. The average Bonchev–Trinajstić information content (AvgIpc) is 2.56. The van der Waals surface area contributed by atoms with E-state index in [4.69, 9.17) is 15.1 Å². The normalized spacial score (nSPS) is 14.2. The number of carbonyl (C=O) groups excluding carboxylic acids is 1. The van der Waals surface area contributed by atoms with Crippen LogP contribution in [0.3, 0.4) is 0 Å². The molecule has 2 atom stereocenters. The molecule has 1 amide bonds. The summed E-state index contributed by atoms with van der Waals surface area (Å²) in [5.74, 6) is -0.145. The van der Waals surface area contributed by atoms with E-state index in [1.54, 1.807) is 36.4 Å². The molecule has 1 aromatic carbocycles. The van der Waals surface area contributed by atoms with Crippen molar-refractivity contribution in [2.24, 2.45) is 5.92 Å². The van der Waals surface area contributed by atoms with Crippen molar-refractivity contribution in [2.45, 2.75) is 13.0 Å². The Kier molecular flexibility index (Phi) is 7.91. The minimum Gasteiger partial charge on any atom is -0.491 e. The number of hydroxylamine groups is 1. The van der Waals surface area contributed by atoms with Gasteiger partial charge in [-0.15, -0.1) is 0 Å². The number of aliphatic hydroxyl groups excluding tert-OH is 2. The fraction of sp³-hybridized carbons (Fsp3) is 0.312. The fourth-order valence-corrected chi connectivity index (χ4v) is 1.75. The standard InChI is InChI=1S/C16H21NO5/c1-12(4-2-3-5-15(19)17-21)16(20)13-6-8-14(9-7-13)22-11-10-18/h2-9,12,16,18,20-21H,10-11H2,1H3,(H,17,19)/b4-2+,5-3+/t12-,16-/m0/s1. The molecular formula is C16H21NO5. The number of ether oxygens (including phenoxy) is 1. The zero-order valence-corrected chi connectivity index (χ0v) is 12.3. The number of hydrogen-bond acceptors (Lipinski definition) is 5. The predicted molar refractivity (Wildman–Crippen MR) is 81.4 cm³/mol. The van der Waals surface area contributed by atoms with Crippen LogP contribution in [0.4, 0.5) is 0 Å². The lowest BCUT2D eigenvalue weighted by Crippen LogP contribution is -2.14. The number of allylic oxidation sites excluding steroid dienone is 2. The van der Waals surface area contributed by atoms with Gasteiger partial charge < -0.3 is 14.9 Å². The summed E-state index contributed by atoms with van der Waals surface area (Å²) in [6.07, 6.45) is 5.33. The lowest BCUT2D eigenvalue weighted by atomic mass is 9.97. The molecule has 6 nitrogen and oxygen atoms in total. The van der Waals surface area contributed by atoms with Gasteiger partial charge in [0, 0.05) is 12.0 Å². The van der Waals surface area contributed by atoms with Crippen LogP contribution in [0.1, 0.15) is 18.6 Å². The number of benzene rings is 1. The second kappa shape index (κ2) is 9.73. The minimum absolute atomic E-state index is 0.0476. The van der Waals surface area contributed by atoms with Crippen molar-refractivity contribution >= 4 is 5.91 Å². The van der Waals surface area contributed by atoms with Crippen LogP contribution in [-0.4, -0.2) is 34.5 Å². The van der Waals surface area contributed by atoms with E-state index in [2.05, 4.69) is 0 Å². The zero-order chi connectivity index (χ0) is 16.4. The molecule has 0 aromatic heterocycles. The highest BCUT2D eigenvalue weighted by molar-refractivity contribution is 5.86. The van der Waals surface area contributed by atoms with E-state index in [1.807, 2.05) is 6.92 Å². The van der Waals surface area contributed by atoms with Crippen molar-refractivity contribution in [1.82, 2.24) is 5.48 Å². The molecular weight excluding hydrogens is 286 g/mol. The number of nitrogens with one attached hydrogen (secondary N) is 1. The first-order valence-corrected chi connectivity index (χ1v) is 6.89. The van der Waals surface area contributed by atoms with Gasteiger partial charge in [-0.1, -0.05) is 37.3 Å². The molecule has 0 bridgehead atoms. The lowest BCUT2D eigenvalue weighted by molar-refractivity contribution is -0.124. The predicted octanol–water partition coefficient (Wildman–Crippen LogP) is 1.34. The molecule has 22 heavy (non-hydrogen) atoms. The van der Waals surface area contributed by atoms with Crippen LogP contribution >= 0.6 is 0 Å². The van der Waals surface area contributed by atoms with E-state index in [9.17, 15) is 9.90 Å². The Morgan fingerprint density at radius 3 is 2.59 bits per heavy atom. The molecule has 0 fully saturated rings. The highest BCUT2D eigenvalue weighted by Gasteiger charge is 2.13. The van der Waals surface area contributed by atoms with Gasteiger partial charge in [0.25, 0.3) is 5.91 Å². The third-order valence-corrected chi connectivity index (χ3v) is 2.96. The fourth-order valence-electron chi connectivity index (χ4n) is 1.75. The van der Waals surface area contributed by atoms with Gasteiger partial charge in [-0.3, -0.25) is 10.0 Å². The molecule has 0 aliphatic rings. The molecule has 0 aliphatic heterocycles. The summed E-state index contributed by atoms with van der Waals surface area (Å²) in [7, 11) is 0. The molecule has 0 spiro atoms. The van der Waals surface area contributed by atoms with Gasteiger partial charge >= 0.3 is 0 Å². The van der Waals surface area contributed by atoms with E-state index >= 15 is 0 Å². The Morgan fingerprint density at radius 2 is 2.00 bits per heavy atom. The molecule has 0 aliphatic carbocycles. The molecule has 120 valence electrons. The molecule has 1 aromatic rings. The number of carbonyl (C=O) groups is 1. The SMILES string of the molecule is C[C@@H](/C=C/C=C/C(=O)NO)[C@H](O)c1ccc(OCCO)cc1. The van der Waals surface area contributed by atoms with E-state index in [0.29, 0.717) is 5.75 Å². The van der Waals surface area contributed by atoms with Gasteiger partial charge in [-0.25, -0.2) is 5.48 Å². The Balaban J connectivity index is 2.58. The largest absolute Gasteiger partial charge is 0.491 e.